The Morgan fingerprint density at radius 1 is 1.22 bits per heavy atom. The van der Waals surface area contributed by atoms with Crippen molar-refractivity contribution in [2.45, 2.75) is 19.3 Å². The molecule has 5 nitrogen and oxygen atoms in total. The summed E-state index contributed by atoms with van der Waals surface area (Å²) >= 11 is 0. The van der Waals surface area contributed by atoms with Crippen LogP contribution in [0.25, 0.3) is 11.0 Å². The summed E-state index contributed by atoms with van der Waals surface area (Å²) in [5.74, 6) is -0.0662. The molecule has 23 heavy (non-hydrogen) atoms. The van der Waals surface area contributed by atoms with Crippen LogP contribution < -0.4 is 5.43 Å². The number of para-hydroxylation sites is 1. The van der Waals surface area contributed by atoms with Gasteiger partial charge in [-0.3, -0.25) is 9.59 Å². The minimum atomic E-state index is -0.196. The standard InChI is InChI=1S/C18H19NO4/c20-14-10-16(23-15-5-2-1-4-13(14)15)17(21)19-8-3-6-18(11-19)7-9-22-12-18/h1-2,4-5,10H,3,6-9,11-12H2/t18-/m0/s1. The van der Waals surface area contributed by atoms with Gasteiger partial charge in [0.2, 0.25) is 0 Å². The number of fused-ring (bicyclic) bond motifs is 1. The third kappa shape index (κ3) is 2.55. The van der Waals surface area contributed by atoms with E-state index in [1.54, 1.807) is 24.3 Å². The summed E-state index contributed by atoms with van der Waals surface area (Å²) in [6.45, 7) is 2.88. The number of rotatable bonds is 1. The highest BCUT2D eigenvalue weighted by Gasteiger charge is 2.40. The van der Waals surface area contributed by atoms with Gasteiger partial charge >= 0.3 is 0 Å². The second-order valence-electron chi connectivity index (χ2n) is 6.60. The molecule has 2 fully saturated rings. The molecule has 1 aromatic carbocycles. The fourth-order valence-corrected chi connectivity index (χ4v) is 3.72. The van der Waals surface area contributed by atoms with E-state index in [1.165, 1.54) is 6.07 Å². The molecule has 4 rings (SSSR count). The molecule has 0 radical (unpaired) electrons. The minimum Gasteiger partial charge on any atom is -0.451 e. The maximum Gasteiger partial charge on any atom is 0.289 e. The van der Waals surface area contributed by atoms with Gasteiger partial charge in [-0.25, -0.2) is 0 Å². The molecule has 0 unspecified atom stereocenters. The molecule has 120 valence electrons. The van der Waals surface area contributed by atoms with Crippen LogP contribution in [0.2, 0.25) is 0 Å². The van der Waals surface area contributed by atoms with Crippen LogP contribution in [-0.2, 0) is 4.74 Å². The monoisotopic (exact) mass is 313 g/mol. The Morgan fingerprint density at radius 3 is 2.91 bits per heavy atom. The second-order valence-corrected chi connectivity index (χ2v) is 6.60. The van der Waals surface area contributed by atoms with Crippen LogP contribution in [0.5, 0.6) is 0 Å². The van der Waals surface area contributed by atoms with E-state index in [0.29, 0.717) is 24.1 Å². The predicted molar refractivity (Wildman–Crippen MR) is 85.5 cm³/mol. The lowest BCUT2D eigenvalue weighted by atomic mass is 9.79. The molecule has 1 atom stereocenters. The first-order chi connectivity index (χ1) is 11.2. The molecule has 1 aromatic heterocycles. The molecular formula is C18H19NO4. The van der Waals surface area contributed by atoms with E-state index in [1.807, 2.05) is 4.90 Å². The Kier molecular flexibility index (Phi) is 3.45. The minimum absolute atomic E-state index is 0.0883. The maximum atomic E-state index is 12.8. The van der Waals surface area contributed by atoms with E-state index in [9.17, 15) is 9.59 Å². The maximum absolute atomic E-state index is 12.8. The molecular weight excluding hydrogens is 294 g/mol. The molecule has 0 saturated carbocycles. The van der Waals surface area contributed by atoms with Crippen molar-refractivity contribution in [1.82, 2.24) is 4.90 Å². The van der Waals surface area contributed by atoms with Crippen molar-refractivity contribution in [3.05, 3.63) is 46.3 Å². The summed E-state index contributed by atoms with van der Waals surface area (Å²) in [5.41, 5.74) is 0.371. The van der Waals surface area contributed by atoms with Crippen molar-refractivity contribution >= 4 is 16.9 Å². The fraction of sp³-hybridized carbons (Fsp3) is 0.444. The summed E-state index contributed by atoms with van der Waals surface area (Å²) in [6, 6.07) is 8.33. The molecule has 5 heteroatoms. The van der Waals surface area contributed by atoms with Crippen molar-refractivity contribution in [1.29, 1.82) is 0 Å². The van der Waals surface area contributed by atoms with Crippen LogP contribution in [0.4, 0.5) is 0 Å². The van der Waals surface area contributed by atoms with E-state index in [4.69, 9.17) is 9.15 Å². The van der Waals surface area contributed by atoms with Crippen LogP contribution in [0.3, 0.4) is 0 Å². The zero-order valence-electron chi connectivity index (χ0n) is 12.9. The smallest absolute Gasteiger partial charge is 0.289 e. The molecule has 0 bridgehead atoms. The highest BCUT2D eigenvalue weighted by Crippen LogP contribution is 2.38. The number of likely N-dealkylation sites (tertiary alicyclic amines) is 1. The summed E-state index contributed by atoms with van der Waals surface area (Å²) < 4.78 is 11.2. The largest absolute Gasteiger partial charge is 0.451 e. The Labute approximate surface area is 133 Å². The second kappa shape index (κ2) is 5.49. The lowest BCUT2D eigenvalue weighted by molar-refractivity contribution is 0.0437. The highest BCUT2D eigenvalue weighted by molar-refractivity contribution is 5.93. The number of amides is 1. The molecule has 1 amide bonds. The van der Waals surface area contributed by atoms with Crippen molar-refractivity contribution in [2.24, 2.45) is 5.41 Å². The molecule has 0 aliphatic carbocycles. The third-order valence-corrected chi connectivity index (χ3v) is 4.98. The van der Waals surface area contributed by atoms with Gasteiger partial charge in [0, 0.05) is 31.2 Å². The van der Waals surface area contributed by atoms with Crippen molar-refractivity contribution in [3.63, 3.8) is 0 Å². The van der Waals surface area contributed by atoms with Gasteiger partial charge in [-0.1, -0.05) is 12.1 Å². The normalized spacial score (nSPS) is 24.4. The number of ether oxygens (including phenoxy) is 1. The summed E-state index contributed by atoms with van der Waals surface area (Å²) in [5, 5.41) is 0.503. The predicted octanol–water partition coefficient (Wildman–Crippen LogP) is 2.44. The summed E-state index contributed by atoms with van der Waals surface area (Å²) in [4.78, 5) is 26.8. The van der Waals surface area contributed by atoms with Gasteiger partial charge in [0.15, 0.2) is 11.2 Å². The van der Waals surface area contributed by atoms with Crippen LogP contribution >= 0.6 is 0 Å². The number of piperidine rings is 1. The Hall–Kier alpha value is -2.14. The van der Waals surface area contributed by atoms with Gasteiger partial charge in [-0.2, -0.15) is 0 Å². The quantitative estimate of drug-likeness (QED) is 0.811. The van der Waals surface area contributed by atoms with Crippen LogP contribution in [0.15, 0.2) is 39.5 Å². The van der Waals surface area contributed by atoms with Gasteiger partial charge in [-0.05, 0) is 31.4 Å². The first-order valence-electron chi connectivity index (χ1n) is 8.07. The average molecular weight is 313 g/mol. The average Bonchev–Trinajstić information content (AvgIpc) is 3.02. The first-order valence-corrected chi connectivity index (χ1v) is 8.07. The number of hydrogen-bond acceptors (Lipinski definition) is 4. The van der Waals surface area contributed by atoms with Crippen molar-refractivity contribution in [2.75, 3.05) is 26.3 Å². The molecule has 2 aliphatic heterocycles. The van der Waals surface area contributed by atoms with Gasteiger partial charge in [-0.15, -0.1) is 0 Å². The van der Waals surface area contributed by atoms with Crippen molar-refractivity contribution < 1.29 is 13.9 Å². The van der Waals surface area contributed by atoms with Gasteiger partial charge in [0.1, 0.15) is 5.58 Å². The van der Waals surface area contributed by atoms with Gasteiger partial charge in [0.05, 0.1) is 12.0 Å². The molecule has 2 aliphatic rings. The van der Waals surface area contributed by atoms with Crippen LogP contribution in [-0.4, -0.2) is 37.1 Å². The van der Waals surface area contributed by atoms with E-state index >= 15 is 0 Å². The Bertz CT molecular complexity index is 804. The number of benzene rings is 1. The molecule has 1 spiro atoms. The van der Waals surface area contributed by atoms with Crippen molar-refractivity contribution in [3.8, 4) is 0 Å². The number of carbonyl (C=O) groups excluding carboxylic acids is 1. The number of hydrogen-bond donors (Lipinski definition) is 0. The summed E-state index contributed by atoms with van der Waals surface area (Å²) in [6.07, 6.45) is 3.06. The zero-order valence-corrected chi connectivity index (χ0v) is 12.9. The van der Waals surface area contributed by atoms with Gasteiger partial charge in [0.25, 0.3) is 5.91 Å². The SMILES string of the molecule is O=C(c1cc(=O)c2ccccc2o1)N1CCC[C@]2(CCOC2)C1. The summed E-state index contributed by atoms with van der Waals surface area (Å²) in [7, 11) is 0. The highest BCUT2D eigenvalue weighted by atomic mass is 16.5. The van der Waals surface area contributed by atoms with E-state index < -0.39 is 0 Å². The molecule has 2 saturated heterocycles. The molecule has 2 aromatic rings. The van der Waals surface area contributed by atoms with E-state index in [2.05, 4.69) is 0 Å². The topological polar surface area (TPSA) is 59.8 Å². The van der Waals surface area contributed by atoms with E-state index in [-0.39, 0.29) is 22.5 Å². The number of nitrogens with zero attached hydrogens (tertiary/aromatic N) is 1. The van der Waals surface area contributed by atoms with E-state index in [0.717, 1.165) is 32.5 Å². The lowest BCUT2D eigenvalue weighted by Crippen LogP contribution is -2.46. The fourth-order valence-electron chi connectivity index (χ4n) is 3.72. The Morgan fingerprint density at radius 2 is 2.09 bits per heavy atom. The first kappa shape index (κ1) is 14.5. The van der Waals surface area contributed by atoms with Crippen LogP contribution in [0, 0.1) is 5.41 Å². The Balaban J connectivity index is 1.65. The third-order valence-electron chi connectivity index (χ3n) is 4.98. The molecule has 0 N–H and O–H groups in total. The lowest BCUT2D eigenvalue weighted by Gasteiger charge is -2.39. The van der Waals surface area contributed by atoms with Gasteiger partial charge < -0.3 is 14.1 Å². The molecule has 3 heterocycles. The number of carbonyl (C=O) groups is 1. The zero-order chi connectivity index (χ0) is 15.9. The van der Waals surface area contributed by atoms with Crippen LogP contribution in [0.1, 0.15) is 29.8 Å².